The number of aryl methyl sites for hydroxylation is 2. The quantitative estimate of drug-likeness (QED) is 0.865. The van der Waals surface area contributed by atoms with E-state index in [4.69, 9.17) is 0 Å². The molecule has 148 valence electrons. The summed E-state index contributed by atoms with van der Waals surface area (Å²) < 4.78 is 0. The van der Waals surface area contributed by atoms with Crippen LogP contribution in [-0.4, -0.2) is 58.3 Å². The highest BCUT2D eigenvalue weighted by Crippen LogP contribution is 2.19. The SMILES string of the molecule is Cc1cc(N2CCN(c3ccc(C(=O)NC4CCCC4)nn3)CC2)nc(C)n1. The van der Waals surface area contributed by atoms with E-state index in [0.717, 1.165) is 62.2 Å². The minimum atomic E-state index is -0.120. The molecule has 1 amide bonds. The summed E-state index contributed by atoms with van der Waals surface area (Å²) in [5, 5.41) is 11.5. The zero-order chi connectivity index (χ0) is 19.5. The normalized spacial score (nSPS) is 17.8. The molecule has 28 heavy (non-hydrogen) atoms. The van der Waals surface area contributed by atoms with Crippen LogP contribution in [0, 0.1) is 13.8 Å². The minimum Gasteiger partial charge on any atom is -0.353 e. The number of carbonyl (C=O) groups excluding carboxylic acids is 1. The molecule has 0 aromatic carbocycles. The third kappa shape index (κ3) is 4.21. The number of rotatable bonds is 4. The van der Waals surface area contributed by atoms with Gasteiger partial charge in [-0.2, -0.15) is 0 Å². The van der Waals surface area contributed by atoms with Crippen molar-refractivity contribution >= 4 is 17.5 Å². The maximum Gasteiger partial charge on any atom is 0.272 e. The monoisotopic (exact) mass is 381 g/mol. The topological polar surface area (TPSA) is 87.1 Å². The molecule has 1 aliphatic heterocycles. The van der Waals surface area contributed by atoms with Crippen LogP contribution >= 0.6 is 0 Å². The van der Waals surface area contributed by atoms with E-state index in [1.54, 1.807) is 6.07 Å². The van der Waals surface area contributed by atoms with E-state index in [1.807, 2.05) is 26.0 Å². The van der Waals surface area contributed by atoms with Crippen LogP contribution in [0.2, 0.25) is 0 Å². The molecule has 1 saturated carbocycles. The third-order valence-corrected chi connectivity index (χ3v) is 5.45. The van der Waals surface area contributed by atoms with Crippen molar-refractivity contribution in [2.75, 3.05) is 36.0 Å². The van der Waals surface area contributed by atoms with Crippen LogP contribution in [-0.2, 0) is 0 Å². The summed E-state index contributed by atoms with van der Waals surface area (Å²) in [6.45, 7) is 7.32. The Morgan fingerprint density at radius 3 is 2.25 bits per heavy atom. The Morgan fingerprint density at radius 1 is 0.964 bits per heavy atom. The van der Waals surface area contributed by atoms with Gasteiger partial charge in [0.25, 0.3) is 5.91 Å². The predicted molar refractivity (Wildman–Crippen MR) is 108 cm³/mol. The van der Waals surface area contributed by atoms with Crippen LogP contribution in [0.1, 0.15) is 47.7 Å². The molecule has 2 aromatic heterocycles. The molecule has 0 spiro atoms. The van der Waals surface area contributed by atoms with Gasteiger partial charge >= 0.3 is 0 Å². The second-order valence-corrected chi connectivity index (χ2v) is 7.62. The lowest BCUT2D eigenvalue weighted by molar-refractivity contribution is 0.0932. The van der Waals surface area contributed by atoms with E-state index in [9.17, 15) is 4.79 Å². The van der Waals surface area contributed by atoms with Crippen molar-refractivity contribution in [3.63, 3.8) is 0 Å². The van der Waals surface area contributed by atoms with E-state index in [1.165, 1.54) is 12.8 Å². The first-order valence-corrected chi connectivity index (χ1v) is 10.1. The second-order valence-electron chi connectivity index (χ2n) is 7.62. The molecule has 0 bridgehead atoms. The highest BCUT2D eigenvalue weighted by atomic mass is 16.2. The zero-order valence-electron chi connectivity index (χ0n) is 16.6. The summed E-state index contributed by atoms with van der Waals surface area (Å²) in [5.74, 6) is 2.47. The average molecular weight is 381 g/mol. The van der Waals surface area contributed by atoms with Crippen molar-refractivity contribution in [2.45, 2.75) is 45.6 Å². The number of anilines is 2. The van der Waals surface area contributed by atoms with E-state index in [0.29, 0.717) is 5.69 Å². The smallest absolute Gasteiger partial charge is 0.272 e. The van der Waals surface area contributed by atoms with Crippen LogP contribution in [0.15, 0.2) is 18.2 Å². The minimum absolute atomic E-state index is 0.120. The summed E-state index contributed by atoms with van der Waals surface area (Å²) in [6.07, 6.45) is 4.51. The van der Waals surface area contributed by atoms with Crippen molar-refractivity contribution in [3.8, 4) is 0 Å². The van der Waals surface area contributed by atoms with E-state index in [2.05, 4.69) is 35.3 Å². The molecule has 0 atom stereocenters. The molecule has 2 fully saturated rings. The van der Waals surface area contributed by atoms with Gasteiger partial charge in [-0.3, -0.25) is 4.79 Å². The van der Waals surface area contributed by atoms with Gasteiger partial charge in [-0.1, -0.05) is 12.8 Å². The number of nitrogens with zero attached hydrogens (tertiary/aromatic N) is 6. The number of amides is 1. The van der Waals surface area contributed by atoms with E-state index < -0.39 is 0 Å². The van der Waals surface area contributed by atoms with Gasteiger partial charge in [-0.25, -0.2) is 9.97 Å². The average Bonchev–Trinajstić information content (AvgIpc) is 3.20. The van der Waals surface area contributed by atoms with Crippen molar-refractivity contribution in [3.05, 3.63) is 35.4 Å². The van der Waals surface area contributed by atoms with Gasteiger partial charge in [0.1, 0.15) is 11.6 Å². The van der Waals surface area contributed by atoms with Gasteiger partial charge in [0, 0.05) is 44.0 Å². The van der Waals surface area contributed by atoms with Crippen LogP contribution in [0.25, 0.3) is 0 Å². The molecule has 2 aromatic rings. The Morgan fingerprint density at radius 2 is 1.64 bits per heavy atom. The lowest BCUT2D eigenvalue weighted by Crippen LogP contribution is -2.47. The van der Waals surface area contributed by atoms with E-state index in [-0.39, 0.29) is 11.9 Å². The fourth-order valence-corrected chi connectivity index (χ4v) is 3.97. The maximum absolute atomic E-state index is 12.3. The zero-order valence-corrected chi connectivity index (χ0v) is 16.6. The Balaban J connectivity index is 1.34. The number of carbonyl (C=O) groups is 1. The summed E-state index contributed by atoms with van der Waals surface area (Å²) in [5.41, 5.74) is 1.38. The van der Waals surface area contributed by atoms with Crippen molar-refractivity contribution < 1.29 is 4.79 Å². The number of hydrogen-bond acceptors (Lipinski definition) is 7. The summed E-state index contributed by atoms with van der Waals surface area (Å²) in [6, 6.07) is 5.98. The van der Waals surface area contributed by atoms with Crippen LogP contribution in [0.4, 0.5) is 11.6 Å². The van der Waals surface area contributed by atoms with Crippen molar-refractivity contribution in [1.82, 2.24) is 25.5 Å². The molecule has 3 heterocycles. The Bertz CT molecular complexity index is 805. The molecular weight excluding hydrogens is 354 g/mol. The van der Waals surface area contributed by atoms with Gasteiger partial charge < -0.3 is 15.1 Å². The maximum atomic E-state index is 12.3. The summed E-state index contributed by atoms with van der Waals surface area (Å²) in [7, 11) is 0. The molecule has 8 heteroatoms. The molecule has 2 aliphatic rings. The summed E-state index contributed by atoms with van der Waals surface area (Å²) in [4.78, 5) is 25.7. The fourth-order valence-electron chi connectivity index (χ4n) is 3.97. The van der Waals surface area contributed by atoms with Crippen LogP contribution in [0.5, 0.6) is 0 Å². The number of aromatic nitrogens is 4. The largest absolute Gasteiger partial charge is 0.353 e. The predicted octanol–water partition coefficient (Wildman–Crippen LogP) is 1.88. The molecule has 0 unspecified atom stereocenters. The van der Waals surface area contributed by atoms with Crippen LogP contribution in [0.3, 0.4) is 0 Å². The fraction of sp³-hybridized carbons (Fsp3) is 0.550. The second kappa shape index (κ2) is 8.08. The van der Waals surface area contributed by atoms with Gasteiger partial charge in [-0.05, 0) is 38.8 Å². The van der Waals surface area contributed by atoms with Crippen molar-refractivity contribution in [2.24, 2.45) is 0 Å². The number of hydrogen-bond donors (Lipinski definition) is 1. The molecule has 4 rings (SSSR count). The molecule has 1 saturated heterocycles. The first-order chi connectivity index (χ1) is 13.6. The highest BCUT2D eigenvalue weighted by Gasteiger charge is 2.22. The first kappa shape index (κ1) is 18.6. The number of nitrogens with one attached hydrogen (secondary N) is 1. The number of piperazine rings is 1. The molecular formula is C20H27N7O. The Hall–Kier alpha value is -2.77. The van der Waals surface area contributed by atoms with Gasteiger partial charge in [0.15, 0.2) is 11.5 Å². The molecule has 8 nitrogen and oxygen atoms in total. The molecule has 1 aliphatic carbocycles. The van der Waals surface area contributed by atoms with E-state index >= 15 is 0 Å². The molecule has 0 radical (unpaired) electrons. The summed E-state index contributed by atoms with van der Waals surface area (Å²) >= 11 is 0. The Kier molecular flexibility index (Phi) is 5.36. The first-order valence-electron chi connectivity index (χ1n) is 10.1. The van der Waals surface area contributed by atoms with Gasteiger partial charge in [0.2, 0.25) is 0 Å². The third-order valence-electron chi connectivity index (χ3n) is 5.45. The van der Waals surface area contributed by atoms with Crippen molar-refractivity contribution in [1.29, 1.82) is 0 Å². The van der Waals surface area contributed by atoms with Gasteiger partial charge in [-0.15, -0.1) is 10.2 Å². The van der Waals surface area contributed by atoms with Crippen LogP contribution < -0.4 is 15.1 Å². The lowest BCUT2D eigenvalue weighted by Gasteiger charge is -2.35. The standard InChI is InChI=1S/C20H27N7O/c1-14-13-19(22-15(2)21-14)27-11-9-26(10-12-27)18-8-7-17(24-25-18)20(28)23-16-5-3-4-6-16/h7-8,13,16H,3-6,9-12H2,1-2H3,(H,23,28). The highest BCUT2D eigenvalue weighted by molar-refractivity contribution is 5.92. The molecule has 1 N–H and O–H groups in total. The Labute approximate surface area is 165 Å². The van der Waals surface area contributed by atoms with Gasteiger partial charge in [0.05, 0.1) is 0 Å². The lowest BCUT2D eigenvalue weighted by atomic mass is 10.2.